The Labute approximate surface area is 246 Å². The average Bonchev–Trinajstić information content (AvgIpc) is 3.03. The highest BCUT2D eigenvalue weighted by atomic mass is 16.4. The summed E-state index contributed by atoms with van der Waals surface area (Å²) in [7, 11) is 0. The summed E-state index contributed by atoms with van der Waals surface area (Å²) in [6, 6.07) is 2.38. The lowest BCUT2D eigenvalue weighted by atomic mass is 9.48. The fraction of sp³-hybridized carbons (Fsp3) is 0.750. The van der Waals surface area contributed by atoms with Crippen LogP contribution in [0, 0.1) is 29.1 Å². The van der Waals surface area contributed by atoms with Crippen LogP contribution in [0.1, 0.15) is 119 Å². The summed E-state index contributed by atoms with van der Waals surface area (Å²) >= 11 is 0. The number of aryl methyl sites for hydroxylation is 2. The largest absolute Gasteiger partial charge is 0.422 e. The third kappa shape index (κ3) is 4.69. The zero-order valence-electron chi connectivity index (χ0n) is 25.6. The molecule has 0 radical (unpaired) electrons. The molecule has 5 heteroatoms. The second kappa shape index (κ2) is 11.0. The lowest BCUT2D eigenvalue weighted by Crippen LogP contribution is -2.48. The highest BCUT2D eigenvalue weighted by Crippen LogP contribution is 2.61. The van der Waals surface area contributed by atoms with Crippen LogP contribution in [-0.2, 0) is 19.3 Å². The predicted octanol–water partition coefficient (Wildman–Crippen LogP) is 6.87. The summed E-state index contributed by atoms with van der Waals surface area (Å²) in [6.45, 7) is 7.85. The number of anilines is 1. The van der Waals surface area contributed by atoms with Crippen molar-refractivity contribution in [3.05, 3.63) is 38.7 Å². The lowest BCUT2D eigenvalue weighted by Gasteiger charge is -2.56. The van der Waals surface area contributed by atoms with Gasteiger partial charge in [-0.2, -0.15) is 0 Å². The van der Waals surface area contributed by atoms with Gasteiger partial charge in [-0.05, 0) is 149 Å². The molecule has 0 amide bonds. The minimum atomic E-state index is -0.117. The first-order valence-corrected chi connectivity index (χ1v) is 17.2. The SMILES string of the molecule is CC1CC[C@H](O)CCCC2C1CCC1CC(c3c(CCN)c4cc5c6c(c4oc3=O)CCCN6CCC5)CC[C@@]12C. The minimum absolute atomic E-state index is 0.0857. The van der Waals surface area contributed by atoms with Gasteiger partial charge in [-0.25, -0.2) is 4.79 Å². The number of nitrogens with zero attached hydrogens (tertiary/aromatic N) is 1. The fourth-order valence-electron chi connectivity index (χ4n) is 10.7. The number of fused-ring (bicyclic) bond motifs is 5. The van der Waals surface area contributed by atoms with E-state index in [1.807, 2.05) is 0 Å². The zero-order chi connectivity index (χ0) is 28.3. The topological polar surface area (TPSA) is 79.7 Å². The molecule has 0 spiro atoms. The number of hydrogen-bond acceptors (Lipinski definition) is 5. The van der Waals surface area contributed by atoms with E-state index >= 15 is 0 Å². The van der Waals surface area contributed by atoms with E-state index in [0.717, 1.165) is 100 Å². The Balaban J connectivity index is 1.25. The van der Waals surface area contributed by atoms with Crippen LogP contribution < -0.4 is 16.3 Å². The van der Waals surface area contributed by atoms with E-state index in [-0.39, 0.29) is 17.6 Å². The summed E-state index contributed by atoms with van der Waals surface area (Å²) in [6.07, 6.45) is 16.6. The van der Waals surface area contributed by atoms with Gasteiger partial charge in [-0.1, -0.05) is 20.3 Å². The van der Waals surface area contributed by atoms with Gasteiger partial charge in [-0.15, -0.1) is 0 Å². The standard InChI is InChI=1S/C36H52N2O3/c1-22-10-12-26(39)7-3-9-31-27(22)13-11-25-20-23(14-16-36(25,31)2)32-28(15-17-37)30-21-24-6-4-18-38-19-5-8-29(33(24)38)34(30)41-35(32)40/h21-23,25-27,31,39H,3-20,37H2,1-2H3/t22?,23?,25?,26-,27?,31?,36+/m1/s1. The summed E-state index contributed by atoms with van der Waals surface area (Å²) in [5.74, 6) is 3.13. The third-order valence-corrected chi connectivity index (χ3v) is 12.8. The summed E-state index contributed by atoms with van der Waals surface area (Å²) in [4.78, 5) is 16.5. The molecular weight excluding hydrogens is 508 g/mol. The molecule has 5 nitrogen and oxygen atoms in total. The van der Waals surface area contributed by atoms with Crippen molar-refractivity contribution >= 4 is 16.7 Å². The van der Waals surface area contributed by atoms with Gasteiger partial charge in [0.15, 0.2) is 0 Å². The number of aliphatic hydroxyl groups excluding tert-OH is 1. The van der Waals surface area contributed by atoms with Gasteiger partial charge in [0.2, 0.25) is 0 Å². The first-order valence-electron chi connectivity index (χ1n) is 17.2. The van der Waals surface area contributed by atoms with Gasteiger partial charge < -0.3 is 20.2 Å². The summed E-state index contributed by atoms with van der Waals surface area (Å²) in [5.41, 5.74) is 13.6. The second-order valence-electron chi connectivity index (χ2n) is 14.9. The quantitative estimate of drug-likeness (QED) is 0.401. The molecule has 0 saturated heterocycles. The van der Waals surface area contributed by atoms with Crippen LogP contribution >= 0.6 is 0 Å². The lowest BCUT2D eigenvalue weighted by molar-refractivity contribution is -0.0607. The molecule has 224 valence electrons. The number of benzene rings is 1. The normalized spacial score (nSPS) is 35.6. The Bertz CT molecular complexity index is 1350. The molecule has 3 fully saturated rings. The van der Waals surface area contributed by atoms with Gasteiger partial charge in [0.25, 0.3) is 0 Å². The monoisotopic (exact) mass is 560 g/mol. The third-order valence-electron chi connectivity index (χ3n) is 12.8. The van der Waals surface area contributed by atoms with Crippen LogP contribution in [0.15, 0.2) is 15.3 Å². The number of hydrogen-bond donors (Lipinski definition) is 2. The highest BCUT2D eigenvalue weighted by Gasteiger charge is 2.52. The van der Waals surface area contributed by atoms with Crippen LogP contribution in [0.2, 0.25) is 0 Å². The van der Waals surface area contributed by atoms with E-state index in [9.17, 15) is 9.90 Å². The zero-order valence-corrected chi connectivity index (χ0v) is 25.6. The molecule has 2 aliphatic heterocycles. The van der Waals surface area contributed by atoms with E-state index in [1.54, 1.807) is 0 Å². The summed E-state index contributed by atoms with van der Waals surface area (Å²) in [5, 5.41) is 11.7. The molecule has 3 heterocycles. The van der Waals surface area contributed by atoms with Crippen molar-refractivity contribution in [2.24, 2.45) is 34.8 Å². The van der Waals surface area contributed by atoms with Gasteiger partial charge in [-0.3, -0.25) is 0 Å². The Hall–Kier alpha value is -1.85. The van der Waals surface area contributed by atoms with Crippen molar-refractivity contribution in [2.75, 3.05) is 24.5 Å². The van der Waals surface area contributed by atoms with Gasteiger partial charge in [0, 0.05) is 35.3 Å². The molecule has 7 atom stereocenters. The van der Waals surface area contributed by atoms with E-state index in [0.29, 0.717) is 23.8 Å². The molecule has 3 N–H and O–H groups in total. The van der Waals surface area contributed by atoms with E-state index in [4.69, 9.17) is 10.2 Å². The van der Waals surface area contributed by atoms with Gasteiger partial charge >= 0.3 is 5.63 Å². The van der Waals surface area contributed by atoms with E-state index < -0.39 is 0 Å². The van der Waals surface area contributed by atoms with Crippen molar-refractivity contribution in [3.63, 3.8) is 0 Å². The first kappa shape index (κ1) is 28.0. The molecule has 5 unspecified atom stereocenters. The summed E-state index contributed by atoms with van der Waals surface area (Å²) < 4.78 is 6.37. The molecule has 3 saturated carbocycles. The van der Waals surface area contributed by atoms with Crippen molar-refractivity contribution < 1.29 is 9.52 Å². The molecule has 1 aromatic heterocycles. The van der Waals surface area contributed by atoms with Crippen LogP contribution in [-0.4, -0.2) is 30.8 Å². The van der Waals surface area contributed by atoms with Crippen molar-refractivity contribution in [3.8, 4) is 0 Å². The minimum Gasteiger partial charge on any atom is -0.422 e. The molecule has 0 bridgehead atoms. The van der Waals surface area contributed by atoms with Crippen molar-refractivity contribution in [1.82, 2.24) is 0 Å². The Kier molecular flexibility index (Phi) is 7.51. The maximum absolute atomic E-state index is 14.0. The first-order chi connectivity index (χ1) is 19.9. The van der Waals surface area contributed by atoms with Crippen LogP contribution in [0.4, 0.5) is 5.69 Å². The van der Waals surface area contributed by atoms with Crippen molar-refractivity contribution in [2.45, 2.75) is 122 Å². The van der Waals surface area contributed by atoms with Crippen molar-refractivity contribution in [1.29, 1.82) is 0 Å². The number of aliphatic hydroxyl groups is 1. The maximum Gasteiger partial charge on any atom is 0.340 e. The Morgan fingerprint density at radius 1 is 1.05 bits per heavy atom. The van der Waals surface area contributed by atoms with Crippen LogP contribution in [0.5, 0.6) is 0 Å². The number of nitrogens with two attached hydrogens (primary N) is 1. The second-order valence-corrected chi connectivity index (χ2v) is 14.9. The molecule has 2 aromatic rings. The molecule has 7 rings (SSSR count). The van der Waals surface area contributed by atoms with Crippen LogP contribution in [0.25, 0.3) is 11.0 Å². The maximum atomic E-state index is 14.0. The van der Waals surface area contributed by atoms with E-state index in [2.05, 4.69) is 24.8 Å². The fourth-order valence-corrected chi connectivity index (χ4v) is 10.7. The Morgan fingerprint density at radius 2 is 1.88 bits per heavy atom. The predicted molar refractivity (Wildman–Crippen MR) is 167 cm³/mol. The van der Waals surface area contributed by atoms with Gasteiger partial charge in [0.05, 0.1) is 6.10 Å². The number of rotatable bonds is 3. The molecule has 3 aliphatic carbocycles. The molecule has 1 aromatic carbocycles. The van der Waals surface area contributed by atoms with Gasteiger partial charge in [0.1, 0.15) is 5.58 Å². The Morgan fingerprint density at radius 3 is 2.71 bits per heavy atom. The van der Waals surface area contributed by atoms with E-state index in [1.165, 1.54) is 59.9 Å². The van der Waals surface area contributed by atoms with Crippen LogP contribution in [0.3, 0.4) is 0 Å². The molecule has 5 aliphatic rings. The highest BCUT2D eigenvalue weighted by molar-refractivity contribution is 5.91. The smallest absolute Gasteiger partial charge is 0.340 e. The molecular formula is C36H52N2O3. The average molecular weight is 561 g/mol. The molecule has 41 heavy (non-hydrogen) atoms.